The number of morpholine rings is 1. The summed E-state index contributed by atoms with van der Waals surface area (Å²) in [5.74, 6) is -0.907. The number of amides is 1. The smallest absolute Gasteiger partial charge is 0.254 e. The van der Waals surface area contributed by atoms with Crippen LogP contribution >= 0.6 is 11.6 Å². The number of carbonyl (C=O) groups excluding carboxylic acids is 1. The van der Waals surface area contributed by atoms with E-state index in [9.17, 15) is 9.18 Å². The van der Waals surface area contributed by atoms with Gasteiger partial charge in [-0.15, -0.1) is 0 Å². The van der Waals surface area contributed by atoms with Crippen LogP contribution in [-0.4, -0.2) is 25.2 Å². The van der Waals surface area contributed by atoms with Gasteiger partial charge in [0, 0.05) is 5.69 Å². The first kappa shape index (κ1) is 11.8. The molecule has 1 aromatic carbocycles. The van der Waals surface area contributed by atoms with Crippen LogP contribution in [0, 0.1) is 17.1 Å². The predicted molar refractivity (Wildman–Crippen MR) is 59.1 cm³/mol. The second-order valence-electron chi connectivity index (χ2n) is 3.52. The lowest BCUT2D eigenvalue weighted by molar-refractivity contribution is -0.126. The summed E-state index contributed by atoms with van der Waals surface area (Å²) in [6.07, 6.45) is 0. The predicted octanol–water partition coefficient (Wildman–Crippen LogP) is 1.73. The first-order chi connectivity index (χ1) is 8.13. The van der Waals surface area contributed by atoms with Crippen molar-refractivity contribution in [3.63, 3.8) is 0 Å². The lowest BCUT2D eigenvalue weighted by atomic mass is 10.2. The van der Waals surface area contributed by atoms with Gasteiger partial charge in [0.25, 0.3) is 5.91 Å². The maximum absolute atomic E-state index is 13.0. The fourth-order valence-electron chi connectivity index (χ4n) is 1.63. The SMILES string of the molecule is N#CC1COCC(=O)N1c1ccc(F)c(Cl)c1. The van der Waals surface area contributed by atoms with Crippen molar-refractivity contribution >= 4 is 23.2 Å². The molecule has 0 spiro atoms. The van der Waals surface area contributed by atoms with E-state index in [1.54, 1.807) is 0 Å². The van der Waals surface area contributed by atoms with Crippen LogP contribution in [0.5, 0.6) is 0 Å². The van der Waals surface area contributed by atoms with Gasteiger partial charge in [0.05, 0.1) is 17.7 Å². The Morgan fingerprint density at radius 3 is 3.00 bits per heavy atom. The number of carbonyl (C=O) groups is 1. The fourth-order valence-corrected chi connectivity index (χ4v) is 1.80. The molecular formula is C11H8ClFN2O2. The van der Waals surface area contributed by atoms with E-state index in [1.807, 2.05) is 6.07 Å². The van der Waals surface area contributed by atoms with Crippen LogP contribution < -0.4 is 4.90 Å². The number of rotatable bonds is 1. The van der Waals surface area contributed by atoms with Gasteiger partial charge in [-0.3, -0.25) is 9.69 Å². The van der Waals surface area contributed by atoms with Crippen molar-refractivity contribution in [2.45, 2.75) is 6.04 Å². The Balaban J connectivity index is 2.39. The van der Waals surface area contributed by atoms with Gasteiger partial charge in [-0.1, -0.05) is 11.6 Å². The number of anilines is 1. The average molecular weight is 255 g/mol. The number of nitriles is 1. The zero-order valence-corrected chi connectivity index (χ0v) is 9.45. The normalized spacial score (nSPS) is 20.2. The number of hydrogen-bond donors (Lipinski definition) is 0. The molecule has 0 radical (unpaired) electrons. The molecule has 1 unspecified atom stereocenters. The van der Waals surface area contributed by atoms with Crippen LogP contribution in [0.4, 0.5) is 10.1 Å². The standard InChI is InChI=1S/C11H8ClFN2O2/c12-9-3-7(1-2-10(9)13)15-8(4-14)5-17-6-11(15)16/h1-3,8H,5-6H2. The van der Waals surface area contributed by atoms with E-state index in [0.29, 0.717) is 5.69 Å². The summed E-state index contributed by atoms with van der Waals surface area (Å²) < 4.78 is 18.0. The number of nitrogens with zero attached hydrogens (tertiary/aromatic N) is 2. The maximum atomic E-state index is 13.0. The summed E-state index contributed by atoms with van der Waals surface area (Å²) >= 11 is 5.64. The minimum Gasteiger partial charge on any atom is -0.368 e. The maximum Gasteiger partial charge on any atom is 0.254 e. The van der Waals surface area contributed by atoms with Gasteiger partial charge >= 0.3 is 0 Å². The van der Waals surface area contributed by atoms with Gasteiger partial charge in [0.15, 0.2) is 0 Å². The minimum absolute atomic E-state index is 0.0847. The average Bonchev–Trinajstić information content (AvgIpc) is 2.32. The van der Waals surface area contributed by atoms with Crippen LogP contribution in [0.25, 0.3) is 0 Å². The molecule has 1 fully saturated rings. The molecule has 1 heterocycles. The lowest BCUT2D eigenvalue weighted by Gasteiger charge is -2.31. The molecule has 1 amide bonds. The molecule has 0 aliphatic carbocycles. The highest BCUT2D eigenvalue weighted by atomic mass is 35.5. The molecule has 17 heavy (non-hydrogen) atoms. The summed E-state index contributed by atoms with van der Waals surface area (Å²) in [6.45, 7) is 0.0460. The van der Waals surface area contributed by atoms with Gasteiger partial charge in [0.2, 0.25) is 0 Å². The summed E-state index contributed by atoms with van der Waals surface area (Å²) in [5, 5.41) is 8.85. The fraction of sp³-hybridized carbons (Fsp3) is 0.273. The molecule has 0 aromatic heterocycles. The van der Waals surface area contributed by atoms with E-state index >= 15 is 0 Å². The molecule has 88 valence electrons. The monoisotopic (exact) mass is 254 g/mol. The Morgan fingerprint density at radius 1 is 1.59 bits per heavy atom. The van der Waals surface area contributed by atoms with Gasteiger partial charge < -0.3 is 4.74 Å². The Bertz CT molecular complexity index is 501. The highest BCUT2D eigenvalue weighted by molar-refractivity contribution is 6.31. The molecule has 0 N–H and O–H groups in total. The number of benzene rings is 1. The van der Waals surface area contributed by atoms with Crippen molar-refractivity contribution in [1.82, 2.24) is 0 Å². The van der Waals surface area contributed by atoms with Crippen molar-refractivity contribution < 1.29 is 13.9 Å². The van der Waals surface area contributed by atoms with E-state index in [1.165, 1.54) is 17.0 Å². The Morgan fingerprint density at radius 2 is 2.35 bits per heavy atom. The van der Waals surface area contributed by atoms with E-state index in [-0.39, 0.29) is 24.1 Å². The van der Waals surface area contributed by atoms with E-state index in [2.05, 4.69) is 0 Å². The summed E-state index contributed by atoms with van der Waals surface area (Å²) in [4.78, 5) is 12.9. The first-order valence-corrected chi connectivity index (χ1v) is 5.25. The first-order valence-electron chi connectivity index (χ1n) is 4.88. The van der Waals surface area contributed by atoms with Crippen LogP contribution in [0.2, 0.25) is 5.02 Å². The second kappa shape index (κ2) is 4.70. The highest BCUT2D eigenvalue weighted by Crippen LogP contribution is 2.25. The molecule has 1 atom stereocenters. The summed E-state index contributed by atoms with van der Waals surface area (Å²) in [6, 6.07) is 5.15. The number of ether oxygens (including phenoxy) is 1. The molecule has 0 saturated carbocycles. The second-order valence-corrected chi connectivity index (χ2v) is 3.93. The third-order valence-corrected chi connectivity index (χ3v) is 2.70. The molecule has 1 aliphatic heterocycles. The third-order valence-electron chi connectivity index (χ3n) is 2.41. The highest BCUT2D eigenvalue weighted by Gasteiger charge is 2.30. The largest absolute Gasteiger partial charge is 0.368 e. The van der Waals surface area contributed by atoms with Gasteiger partial charge in [-0.05, 0) is 18.2 Å². The molecule has 1 saturated heterocycles. The minimum atomic E-state index is -0.710. The molecule has 6 heteroatoms. The Hall–Kier alpha value is -1.64. The quantitative estimate of drug-likeness (QED) is 0.767. The van der Waals surface area contributed by atoms with Crippen LogP contribution in [0.15, 0.2) is 18.2 Å². The van der Waals surface area contributed by atoms with Crippen molar-refractivity contribution in [3.8, 4) is 6.07 Å². The zero-order chi connectivity index (χ0) is 12.4. The van der Waals surface area contributed by atoms with Crippen molar-refractivity contribution in [3.05, 3.63) is 29.0 Å². The van der Waals surface area contributed by atoms with Crippen LogP contribution in [0.1, 0.15) is 0 Å². The number of halogens is 2. The zero-order valence-electron chi connectivity index (χ0n) is 8.69. The van der Waals surface area contributed by atoms with Crippen molar-refractivity contribution in [2.75, 3.05) is 18.1 Å². The van der Waals surface area contributed by atoms with Crippen molar-refractivity contribution in [1.29, 1.82) is 5.26 Å². The van der Waals surface area contributed by atoms with E-state index in [4.69, 9.17) is 21.6 Å². The van der Waals surface area contributed by atoms with Gasteiger partial charge in [-0.2, -0.15) is 5.26 Å². The third kappa shape index (κ3) is 2.23. The van der Waals surface area contributed by atoms with Crippen molar-refractivity contribution in [2.24, 2.45) is 0 Å². The number of hydrogen-bond acceptors (Lipinski definition) is 3. The van der Waals surface area contributed by atoms with E-state index < -0.39 is 11.9 Å². The molecule has 0 bridgehead atoms. The Kier molecular flexibility index (Phi) is 3.27. The van der Waals surface area contributed by atoms with Gasteiger partial charge in [0.1, 0.15) is 18.5 Å². The topological polar surface area (TPSA) is 53.3 Å². The van der Waals surface area contributed by atoms with Crippen LogP contribution in [0.3, 0.4) is 0 Å². The van der Waals surface area contributed by atoms with E-state index in [0.717, 1.165) is 6.07 Å². The lowest BCUT2D eigenvalue weighted by Crippen LogP contribution is -2.49. The molecular weight excluding hydrogens is 247 g/mol. The molecule has 4 nitrogen and oxygen atoms in total. The molecule has 1 aliphatic rings. The van der Waals surface area contributed by atoms with Crippen LogP contribution in [-0.2, 0) is 9.53 Å². The molecule has 1 aromatic rings. The van der Waals surface area contributed by atoms with Gasteiger partial charge in [-0.25, -0.2) is 4.39 Å². The summed E-state index contributed by atoms with van der Waals surface area (Å²) in [5.41, 5.74) is 0.399. The molecule has 2 rings (SSSR count). The Labute approximate surface area is 102 Å². The summed E-state index contributed by atoms with van der Waals surface area (Å²) in [7, 11) is 0.